The van der Waals surface area contributed by atoms with Gasteiger partial charge in [-0.05, 0) is 55.9 Å². The number of nitrogens with one attached hydrogen (secondary N) is 1. The fourth-order valence-electron chi connectivity index (χ4n) is 5.35. The van der Waals surface area contributed by atoms with Crippen LogP contribution in [-0.4, -0.2) is 38.7 Å². The number of amides is 1. The Balaban J connectivity index is 1.53. The van der Waals surface area contributed by atoms with Crippen LogP contribution < -0.4 is 10.2 Å². The van der Waals surface area contributed by atoms with Gasteiger partial charge in [0.2, 0.25) is 11.9 Å². The van der Waals surface area contributed by atoms with Gasteiger partial charge in [-0.3, -0.25) is 9.48 Å². The van der Waals surface area contributed by atoms with E-state index in [1.54, 1.807) is 18.2 Å². The second-order valence-corrected chi connectivity index (χ2v) is 9.08. The van der Waals surface area contributed by atoms with Gasteiger partial charge in [-0.1, -0.05) is 12.8 Å². The van der Waals surface area contributed by atoms with E-state index in [2.05, 4.69) is 16.3 Å². The van der Waals surface area contributed by atoms with Gasteiger partial charge in [0.05, 0.1) is 28.8 Å². The lowest BCUT2D eigenvalue weighted by atomic mass is 9.94. The Kier molecular flexibility index (Phi) is 4.56. The van der Waals surface area contributed by atoms with Crippen molar-refractivity contribution in [3.8, 4) is 6.07 Å². The lowest BCUT2D eigenvalue weighted by molar-refractivity contribution is -0.116. The third kappa shape index (κ3) is 3.11. The fraction of sp³-hybridized carbons (Fsp3) is 0.458. The quantitative estimate of drug-likeness (QED) is 0.681. The monoisotopic (exact) mass is 427 g/mol. The molecule has 3 aromatic rings. The maximum atomic E-state index is 13.1. The number of aromatic nitrogens is 4. The van der Waals surface area contributed by atoms with Crippen molar-refractivity contribution in [2.45, 2.75) is 56.9 Å². The Labute approximate surface area is 186 Å². The molecule has 2 aromatic heterocycles. The summed E-state index contributed by atoms with van der Waals surface area (Å²) in [7, 11) is 0. The van der Waals surface area contributed by atoms with Crippen LogP contribution in [0.2, 0.25) is 0 Å². The van der Waals surface area contributed by atoms with Gasteiger partial charge in [-0.15, -0.1) is 0 Å². The van der Waals surface area contributed by atoms with Gasteiger partial charge < -0.3 is 10.2 Å². The molecule has 2 aliphatic heterocycles. The van der Waals surface area contributed by atoms with Crippen LogP contribution in [0.4, 0.5) is 11.6 Å². The first-order valence-electron chi connectivity index (χ1n) is 11.6. The van der Waals surface area contributed by atoms with Crippen molar-refractivity contribution in [1.29, 1.82) is 5.26 Å². The van der Waals surface area contributed by atoms with Gasteiger partial charge in [0, 0.05) is 25.0 Å². The maximum absolute atomic E-state index is 13.1. The van der Waals surface area contributed by atoms with Crippen LogP contribution in [0.3, 0.4) is 0 Å². The van der Waals surface area contributed by atoms with E-state index in [1.807, 2.05) is 10.9 Å². The SMILES string of the molecule is N#Cc1ccc2c(c1)C(c1nc(N3CCCCC3)nc3nn(C4CCCC4)cc13)C(=O)N2. The van der Waals surface area contributed by atoms with Crippen LogP contribution in [0.1, 0.15) is 73.7 Å². The highest BCUT2D eigenvalue weighted by Gasteiger charge is 2.36. The molecule has 3 aliphatic rings. The molecule has 2 fully saturated rings. The van der Waals surface area contributed by atoms with Gasteiger partial charge in [0.25, 0.3) is 0 Å². The number of hydrogen-bond acceptors (Lipinski definition) is 6. The highest BCUT2D eigenvalue weighted by molar-refractivity contribution is 6.06. The van der Waals surface area contributed by atoms with Crippen LogP contribution in [0.15, 0.2) is 24.4 Å². The molecule has 0 spiro atoms. The van der Waals surface area contributed by atoms with E-state index in [0.717, 1.165) is 55.4 Å². The molecular formula is C24H25N7O. The van der Waals surface area contributed by atoms with E-state index in [9.17, 15) is 10.1 Å². The molecule has 0 radical (unpaired) electrons. The van der Waals surface area contributed by atoms with E-state index in [-0.39, 0.29) is 5.91 Å². The molecule has 4 heterocycles. The highest BCUT2D eigenvalue weighted by atomic mass is 16.2. The molecule has 1 unspecified atom stereocenters. The number of carbonyl (C=O) groups is 1. The van der Waals surface area contributed by atoms with Crippen LogP contribution in [0.25, 0.3) is 11.0 Å². The van der Waals surface area contributed by atoms with Crippen molar-refractivity contribution < 1.29 is 4.79 Å². The molecule has 8 heteroatoms. The van der Waals surface area contributed by atoms with Gasteiger partial charge in [-0.2, -0.15) is 15.3 Å². The number of piperidine rings is 1. The number of anilines is 2. The Hall–Kier alpha value is -3.47. The molecule has 6 rings (SSSR count). The van der Waals surface area contributed by atoms with Crippen molar-refractivity contribution >= 4 is 28.6 Å². The Morgan fingerprint density at radius 2 is 1.88 bits per heavy atom. The summed E-state index contributed by atoms with van der Waals surface area (Å²) >= 11 is 0. The van der Waals surface area contributed by atoms with E-state index >= 15 is 0 Å². The molecule has 1 atom stereocenters. The summed E-state index contributed by atoms with van der Waals surface area (Å²) in [5, 5.41) is 18.1. The molecule has 1 aliphatic carbocycles. The predicted octanol–water partition coefficient (Wildman–Crippen LogP) is 3.89. The number of nitrogens with zero attached hydrogens (tertiary/aromatic N) is 6. The molecule has 1 saturated heterocycles. The van der Waals surface area contributed by atoms with Crippen molar-refractivity contribution in [2.75, 3.05) is 23.3 Å². The molecular weight excluding hydrogens is 402 g/mol. The zero-order valence-electron chi connectivity index (χ0n) is 17.9. The normalized spacial score (nSPS) is 21.0. The summed E-state index contributed by atoms with van der Waals surface area (Å²) < 4.78 is 2.04. The molecule has 1 amide bonds. The third-order valence-electron chi connectivity index (χ3n) is 7.04. The standard InChI is InChI=1S/C24H25N7O/c25-13-15-8-9-19-17(12-15)20(23(32)26-19)21-18-14-31(16-6-2-3-7-16)29-22(18)28-24(27-21)30-10-4-1-5-11-30/h8-9,12,14,16,20H,1-7,10-11H2,(H,26,32). The largest absolute Gasteiger partial charge is 0.341 e. The molecule has 1 saturated carbocycles. The Bertz CT molecular complexity index is 1250. The number of carbonyl (C=O) groups excluding carboxylic acids is 1. The van der Waals surface area contributed by atoms with E-state index in [4.69, 9.17) is 15.1 Å². The summed E-state index contributed by atoms with van der Waals surface area (Å²) in [6.07, 6.45) is 10.2. The van der Waals surface area contributed by atoms with Crippen LogP contribution in [0.5, 0.6) is 0 Å². The van der Waals surface area contributed by atoms with Gasteiger partial charge in [0.1, 0.15) is 5.92 Å². The van der Waals surface area contributed by atoms with Crippen molar-refractivity contribution in [3.05, 3.63) is 41.2 Å². The van der Waals surface area contributed by atoms with Gasteiger partial charge in [-0.25, -0.2) is 4.98 Å². The molecule has 32 heavy (non-hydrogen) atoms. The summed E-state index contributed by atoms with van der Waals surface area (Å²) in [5.74, 6) is -0.0385. The molecule has 1 aromatic carbocycles. The molecule has 0 bridgehead atoms. The topological polar surface area (TPSA) is 99.7 Å². The van der Waals surface area contributed by atoms with Gasteiger partial charge in [0.15, 0.2) is 5.65 Å². The summed E-state index contributed by atoms with van der Waals surface area (Å²) in [6.45, 7) is 1.83. The minimum Gasteiger partial charge on any atom is -0.341 e. The van der Waals surface area contributed by atoms with Crippen LogP contribution in [-0.2, 0) is 4.79 Å². The average Bonchev–Trinajstić information content (AvgIpc) is 3.56. The molecule has 162 valence electrons. The van der Waals surface area contributed by atoms with Crippen molar-refractivity contribution in [2.24, 2.45) is 0 Å². The predicted molar refractivity (Wildman–Crippen MR) is 121 cm³/mol. The summed E-state index contributed by atoms with van der Waals surface area (Å²) in [6, 6.07) is 7.90. The Morgan fingerprint density at radius 3 is 2.66 bits per heavy atom. The van der Waals surface area contributed by atoms with Crippen molar-refractivity contribution in [1.82, 2.24) is 19.7 Å². The zero-order chi connectivity index (χ0) is 21.7. The van der Waals surface area contributed by atoms with Crippen LogP contribution >= 0.6 is 0 Å². The number of rotatable bonds is 3. The fourth-order valence-corrected chi connectivity index (χ4v) is 5.35. The maximum Gasteiger partial charge on any atom is 0.238 e. The average molecular weight is 428 g/mol. The molecule has 8 nitrogen and oxygen atoms in total. The van der Waals surface area contributed by atoms with Crippen molar-refractivity contribution in [3.63, 3.8) is 0 Å². The number of nitriles is 1. The lowest BCUT2D eigenvalue weighted by Crippen LogP contribution is -2.31. The van der Waals surface area contributed by atoms with Gasteiger partial charge >= 0.3 is 0 Å². The summed E-state index contributed by atoms with van der Waals surface area (Å²) in [4.78, 5) is 25.1. The van der Waals surface area contributed by atoms with E-state index < -0.39 is 5.92 Å². The minimum atomic E-state index is -0.575. The minimum absolute atomic E-state index is 0.117. The van der Waals surface area contributed by atoms with Crippen LogP contribution in [0, 0.1) is 11.3 Å². The number of hydrogen-bond donors (Lipinski definition) is 1. The first-order valence-corrected chi connectivity index (χ1v) is 11.6. The number of fused-ring (bicyclic) bond motifs is 2. The second kappa shape index (κ2) is 7.59. The van der Waals surface area contributed by atoms with E-state index in [1.165, 1.54) is 19.3 Å². The first kappa shape index (κ1) is 19.2. The lowest BCUT2D eigenvalue weighted by Gasteiger charge is -2.27. The highest BCUT2D eigenvalue weighted by Crippen LogP contribution is 2.40. The van der Waals surface area contributed by atoms with E-state index in [0.29, 0.717) is 28.9 Å². The second-order valence-electron chi connectivity index (χ2n) is 9.08. The third-order valence-corrected chi connectivity index (χ3v) is 7.04. The molecule has 1 N–H and O–H groups in total. The number of benzene rings is 1. The first-order chi connectivity index (χ1) is 15.7. The summed E-state index contributed by atoms with van der Waals surface area (Å²) in [5.41, 5.74) is 3.42. The smallest absolute Gasteiger partial charge is 0.238 e. The Morgan fingerprint density at radius 1 is 1.06 bits per heavy atom. The zero-order valence-corrected chi connectivity index (χ0v) is 17.9.